The van der Waals surface area contributed by atoms with Gasteiger partial charge < -0.3 is 16.2 Å². The number of nitrogens with two attached hydrogens (primary N) is 1. The average molecular weight is 291 g/mol. The van der Waals surface area contributed by atoms with Crippen molar-refractivity contribution in [3.8, 4) is 0 Å². The van der Waals surface area contributed by atoms with Crippen molar-refractivity contribution >= 4 is 23.9 Å². The molecule has 0 aliphatic carbocycles. The highest BCUT2D eigenvalue weighted by atomic mass is 16.4. The Labute approximate surface area is 121 Å². The van der Waals surface area contributed by atoms with Crippen LogP contribution in [0.15, 0.2) is 24.5 Å². The Morgan fingerprint density at radius 3 is 2.71 bits per heavy atom. The van der Waals surface area contributed by atoms with Crippen molar-refractivity contribution in [2.45, 2.75) is 19.3 Å². The van der Waals surface area contributed by atoms with E-state index in [1.807, 2.05) is 0 Å². The minimum absolute atomic E-state index is 0.299. The molecule has 0 aliphatic heterocycles. The standard InChI is InChI=1S/C14H17N3O4/c15-12(18)3-1-2-6-17-14(21)11-7-10(8-16-9-11)4-5-13(19)20/h4-5,7-9H,1-3,6H2,(H2,15,18)(H,17,21)(H,19,20)/b5-4+. The lowest BCUT2D eigenvalue weighted by Gasteiger charge is -2.05. The van der Waals surface area contributed by atoms with Crippen LogP contribution >= 0.6 is 0 Å². The number of aromatic nitrogens is 1. The van der Waals surface area contributed by atoms with E-state index in [0.717, 1.165) is 6.08 Å². The van der Waals surface area contributed by atoms with Gasteiger partial charge in [0, 0.05) is 31.4 Å². The lowest BCUT2D eigenvalue weighted by molar-refractivity contribution is -0.131. The summed E-state index contributed by atoms with van der Waals surface area (Å²) in [5, 5.41) is 11.2. The summed E-state index contributed by atoms with van der Waals surface area (Å²) in [6, 6.07) is 1.55. The number of carbonyl (C=O) groups excluding carboxylic acids is 2. The summed E-state index contributed by atoms with van der Waals surface area (Å²) in [6.45, 7) is 0.432. The molecule has 1 rings (SSSR count). The van der Waals surface area contributed by atoms with Gasteiger partial charge in [-0.05, 0) is 30.5 Å². The fraction of sp³-hybridized carbons (Fsp3) is 0.286. The maximum atomic E-state index is 11.8. The predicted molar refractivity (Wildman–Crippen MR) is 76.3 cm³/mol. The summed E-state index contributed by atoms with van der Waals surface area (Å²) < 4.78 is 0. The molecule has 1 aromatic heterocycles. The third-order valence-electron chi connectivity index (χ3n) is 2.58. The highest BCUT2D eigenvalue weighted by Crippen LogP contribution is 2.05. The monoisotopic (exact) mass is 291 g/mol. The Bertz CT molecular complexity index is 555. The van der Waals surface area contributed by atoms with Gasteiger partial charge in [-0.3, -0.25) is 14.6 Å². The molecule has 0 aliphatic rings. The fourth-order valence-corrected chi connectivity index (χ4v) is 1.57. The zero-order chi connectivity index (χ0) is 15.7. The van der Waals surface area contributed by atoms with Crippen molar-refractivity contribution in [2.75, 3.05) is 6.54 Å². The summed E-state index contributed by atoms with van der Waals surface area (Å²) in [5.74, 6) is -1.73. The van der Waals surface area contributed by atoms with E-state index in [9.17, 15) is 14.4 Å². The normalized spacial score (nSPS) is 10.5. The lowest BCUT2D eigenvalue weighted by atomic mass is 10.2. The molecule has 0 saturated carbocycles. The van der Waals surface area contributed by atoms with Crippen molar-refractivity contribution in [1.82, 2.24) is 10.3 Å². The van der Waals surface area contributed by atoms with Gasteiger partial charge in [0.1, 0.15) is 0 Å². The first-order chi connectivity index (χ1) is 9.99. The third-order valence-corrected chi connectivity index (χ3v) is 2.58. The molecule has 0 aromatic carbocycles. The van der Waals surface area contributed by atoms with Crippen LogP contribution in [0.4, 0.5) is 0 Å². The Hall–Kier alpha value is -2.70. The van der Waals surface area contributed by atoms with E-state index in [0.29, 0.717) is 36.9 Å². The molecule has 7 nitrogen and oxygen atoms in total. The van der Waals surface area contributed by atoms with Crippen LogP contribution in [0.5, 0.6) is 0 Å². The second-order valence-electron chi connectivity index (χ2n) is 4.36. The van der Waals surface area contributed by atoms with Gasteiger partial charge in [0.15, 0.2) is 0 Å². The van der Waals surface area contributed by atoms with E-state index in [1.54, 1.807) is 6.07 Å². The van der Waals surface area contributed by atoms with E-state index in [4.69, 9.17) is 10.8 Å². The van der Waals surface area contributed by atoms with Crippen molar-refractivity contribution in [1.29, 1.82) is 0 Å². The molecule has 21 heavy (non-hydrogen) atoms. The minimum Gasteiger partial charge on any atom is -0.478 e. The van der Waals surface area contributed by atoms with Crippen LogP contribution in [0, 0.1) is 0 Å². The minimum atomic E-state index is -1.07. The summed E-state index contributed by atoms with van der Waals surface area (Å²) in [7, 11) is 0. The first-order valence-electron chi connectivity index (χ1n) is 6.41. The number of pyridine rings is 1. The first kappa shape index (κ1) is 16.4. The van der Waals surface area contributed by atoms with Crippen LogP contribution in [-0.2, 0) is 9.59 Å². The molecule has 0 radical (unpaired) electrons. The van der Waals surface area contributed by atoms with Gasteiger partial charge in [-0.1, -0.05) is 0 Å². The smallest absolute Gasteiger partial charge is 0.328 e. The molecule has 0 atom stereocenters. The van der Waals surface area contributed by atoms with Crippen molar-refractivity contribution in [2.24, 2.45) is 5.73 Å². The SMILES string of the molecule is NC(=O)CCCCNC(=O)c1cncc(/C=C/C(=O)O)c1. The first-order valence-corrected chi connectivity index (χ1v) is 6.41. The van der Waals surface area contributed by atoms with Gasteiger partial charge in [-0.2, -0.15) is 0 Å². The number of carbonyl (C=O) groups is 3. The predicted octanol–water partition coefficient (Wildman–Crippen LogP) is 0.565. The third kappa shape index (κ3) is 6.86. The van der Waals surface area contributed by atoms with Crippen LogP contribution < -0.4 is 11.1 Å². The number of carboxylic acids is 1. The summed E-state index contributed by atoms with van der Waals surface area (Å²) >= 11 is 0. The molecular formula is C14H17N3O4. The average Bonchev–Trinajstić information content (AvgIpc) is 2.44. The molecule has 0 unspecified atom stereocenters. The highest BCUT2D eigenvalue weighted by Gasteiger charge is 2.05. The number of nitrogens with zero attached hydrogens (tertiary/aromatic N) is 1. The molecule has 1 heterocycles. The van der Waals surface area contributed by atoms with Crippen molar-refractivity contribution < 1.29 is 19.5 Å². The van der Waals surface area contributed by atoms with Gasteiger partial charge in [-0.25, -0.2) is 4.79 Å². The maximum Gasteiger partial charge on any atom is 0.328 e. The van der Waals surface area contributed by atoms with E-state index >= 15 is 0 Å². The number of hydrogen-bond donors (Lipinski definition) is 3. The van der Waals surface area contributed by atoms with Gasteiger partial charge in [0.05, 0.1) is 5.56 Å². The Morgan fingerprint density at radius 2 is 2.05 bits per heavy atom. The Kier molecular flexibility index (Phi) is 6.59. The zero-order valence-corrected chi connectivity index (χ0v) is 11.4. The topological polar surface area (TPSA) is 122 Å². The maximum absolute atomic E-state index is 11.8. The number of primary amides is 1. The van der Waals surface area contributed by atoms with E-state index in [2.05, 4.69) is 10.3 Å². The van der Waals surface area contributed by atoms with Gasteiger partial charge in [0.2, 0.25) is 5.91 Å². The molecule has 112 valence electrons. The van der Waals surface area contributed by atoms with Crippen LogP contribution in [0.2, 0.25) is 0 Å². The summed E-state index contributed by atoms with van der Waals surface area (Å²) in [4.78, 5) is 36.7. The zero-order valence-electron chi connectivity index (χ0n) is 11.4. The molecule has 0 spiro atoms. The molecule has 4 N–H and O–H groups in total. The summed E-state index contributed by atoms with van der Waals surface area (Å²) in [5.41, 5.74) is 5.88. The van der Waals surface area contributed by atoms with Crippen LogP contribution in [0.3, 0.4) is 0 Å². The largest absolute Gasteiger partial charge is 0.478 e. The number of amides is 2. The van der Waals surface area contributed by atoms with Gasteiger partial charge >= 0.3 is 5.97 Å². The number of aliphatic carboxylic acids is 1. The molecule has 0 bridgehead atoms. The molecule has 0 saturated heterocycles. The lowest BCUT2D eigenvalue weighted by Crippen LogP contribution is -2.24. The Morgan fingerprint density at radius 1 is 1.29 bits per heavy atom. The second kappa shape index (κ2) is 8.47. The number of rotatable bonds is 8. The molecular weight excluding hydrogens is 274 g/mol. The Balaban J connectivity index is 2.48. The van der Waals surface area contributed by atoms with Crippen LogP contribution in [0.1, 0.15) is 35.2 Å². The van der Waals surface area contributed by atoms with Gasteiger partial charge in [-0.15, -0.1) is 0 Å². The number of nitrogens with one attached hydrogen (secondary N) is 1. The van der Waals surface area contributed by atoms with Crippen LogP contribution in [-0.4, -0.2) is 34.4 Å². The fourth-order valence-electron chi connectivity index (χ4n) is 1.57. The van der Waals surface area contributed by atoms with E-state index in [-0.39, 0.29) is 11.8 Å². The quantitative estimate of drug-likeness (QED) is 0.477. The number of hydrogen-bond acceptors (Lipinski definition) is 4. The van der Waals surface area contributed by atoms with E-state index in [1.165, 1.54) is 18.5 Å². The number of carboxylic acid groups (broad SMARTS) is 1. The summed E-state index contributed by atoms with van der Waals surface area (Å²) in [6.07, 6.45) is 6.77. The highest BCUT2D eigenvalue weighted by molar-refractivity contribution is 5.94. The second-order valence-corrected chi connectivity index (χ2v) is 4.36. The van der Waals surface area contributed by atoms with E-state index < -0.39 is 5.97 Å². The van der Waals surface area contributed by atoms with Crippen molar-refractivity contribution in [3.63, 3.8) is 0 Å². The molecule has 2 amide bonds. The molecule has 1 aromatic rings. The van der Waals surface area contributed by atoms with Gasteiger partial charge in [0.25, 0.3) is 5.91 Å². The molecule has 7 heteroatoms. The number of unbranched alkanes of at least 4 members (excludes halogenated alkanes) is 1. The van der Waals surface area contributed by atoms with Crippen molar-refractivity contribution in [3.05, 3.63) is 35.7 Å². The molecule has 0 fully saturated rings. The van der Waals surface area contributed by atoms with Crippen LogP contribution in [0.25, 0.3) is 6.08 Å².